The van der Waals surface area contributed by atoms with Crippen LogP contribution in [0.5, 0.6) is 0 Å². The van der Waals surface area contributed by atoms with E-state index in [0.29, 0.717) is 0 Å². The van der Waals surface area contributed by atoms with E-state index in [2.05, 4.69) is 15.0 Å². The highest BCUT2D eigenvalue weighted by molar-refractivity contribution is 8.01. The van der Waals surface area contributed by atoms with Gasteiger partial charge in [0.1, 0.15) is 0 Å². The quantitative estimate of drug-likeness (QED) is 0.447. The zero-order valence-electron chi connectivity index (χ0n) is 10.5. The molecule has 0 aliphatic rings. The van der Waals surface area contributed by atoms with Crippen molar-refractivity contribution < 1.29 is 39.5 Å². The molecule has 0 radical (unpaired) electrons. The van der Waals surface area contributed by atoms with E-state index in [1.807, 2.05) is 0 Å². The van der Waals surface area contributed by atoms with Gasteiger partial charge in [0.25, 0.3) is 0 Å². The monoisotopic (exact) mass is 426 g/mol. The Kier molecular flexibility index (Phi) is 6.79. The molecule has 1 aromatic heterocycles. The molecule has 0 atom stereocenters. The first-order valence-electron chi connectivity index (χ1n) is 5.02. The summed E-state index contributed by atoms with van der Waals surface area (Å²) in [6.45, 7) is 0. The third kappa shape index (κ3) is 9.85. The lowest BCUT2D eigenvalue weighted by molar-refractivity contribution is -0.0332. The van der Waals surface area contributed by atoms with Crippen LogP contribution in [-0.2, 0) is 0 Å². The summed E-state index contributed by atoms with van der Waals surface area (Å²) in [5.74, 6) is -2.74. The normalized spacial score (nSPS) is 12.9. The second kappa shape index (κ2) is 7.81. The van der Waals surface area contributed by atoms with Crippen molar-refractivity contribution in [3.05, 3.63) is 0 Å². The molecule has 18 heteroatoms. The molecule has 138 valence electrons. The Hall–Kier alpha value is -1.17. The summed E-state index contributed by atoms with van der Waals surface area (Å²) < 4.78 is 113. The van der Waals surface area contributed by atoms with Gasteiger partial charge >= 0.3 is 16.5 Å². The van der Waals surface area contributed by atoms with Gasteiger partial charge < -0.3 is 0 Å². The van der Waals surface area contributed by atoms with E-state index in [9.17, 15) is 39.5 Å². The SMILES string of the molecule is FC(F)(F)SNc1nc(NSC(F)(F)F)nc(NSC(F)(F)F)n1. The van der Waals surface area contributed by atoms with Crippen molar-refractivity contribution in [3.8, 4) is 0 Å². The molecule has 0 aliphatic carbocycles. The Balaban J connectivity index is 2.91. The predicted molar refractivity (Wildman–Crippen MR) is 71.6 cm³/mol. The fraction of sp³-hybridized carbons (Fsp3) is 0.500. The summed E-state index contributed by atoms with van der Waals surface area (Å²) in [6.07, 6.45) is 0. The molecule has 0 spiro atoms. The molecule has 0 saturated heterocycles. The van der Waals surface area contributed by atoms with Crippen LogP contribution in [0.15, 0.2) is 0 Å². The van der Waals surface area contributed by atoms with E-state index in [4.69, 9.17) is 0 Å². The smallest absolute Gasteiger partial charge is 0.291 e. The second-order valence-electron chi connectivity index (χ2n) is 3.26. The molecule has 1 aromatic rings. The van der Waals surface area contributed by atoms with Crippen molar-refractivity contribution >= 4 is 53.7 Å². The fourth-order valence-electron chi connectivity index (χ4n) is 0.823. The average molecular weight is 426 g/mol. The molecule has 3 N–H and O–H groups in total. The Bertz CT molecular complexity index is 458. The number of halogens is 9. The van der Waals surface area contributed by atoms with Crippen molar-refractivity contribution in [1.29, 1.82) is 0 Å². The van der Waals surface area contributed by atoms with E-state index in [1.165, 1.54) is 14.2 Å². The van der Waals surface area contributed by atoms with Gasteiger partial charge in [-0.05, 0) is 0 Å². The molecule has 1 rings (SSSR count). The van der Waals surface area contributed by atoms with Crippen LogP contribution in [0.2, 0.25) is 0 Å². The van der Waals surface area contributed by atoms with Gasteiger partial charge in [-0.2, -0.15) is 54.5 Å². The minimum atomic E-state index is -4.80. The van der Waals surface area contributed by atoms with Crippen LogP contribution in [0, 0.1) is 0 Å². The summed E-state index contributed by atoms with van der Waals surface area (Å²) in [6, 6.07) is 0. The third-order valence-corrected chi connectivity index (χ3v) is 2.96. The first kappa shape index (κ1) is 20.9. The summed E-state index contributed by atoms with van der Waals surface area (Å²) in [7, 11) is 0. The Morgan fingerprint density at radius 3 is 0.875 bits per heavy atom. The lowest BCUT2D eigenvalue weighted by Gasteiger charge is -2.12. The van der Waals surface area contributed by atoms with Crippen molar-refractivity contribution in [2.75, 3.05) is 14.2 Å². The number of hydrogen-bond donors (Lipinski definition) is 3. The minimum Gasteiger partial charge on any atom is -0.291 e. The molecule has 24 heavy (non-hydrogen) atoms. The maximum atomic E-state index is 12.0. The van der Waals surface area contributed by atoms with E-state index in [0.717, 1.165) is 0 Å². The molecule has 0 saturated carbocycles. The highest BCUT2D eigenvalue weighted by atomic mass is 32.2. The molecule has 0 aromatic carbocycles. The van der Waals surface area contributed by atoms with Gasteiger partial charge in [0.15, 0.2) is 0 Å². The van der Waals surface area contributed by atoms with E-state index < -0.39 is 70.2 Å². The number of hydrogen-bond acceptors (Lipinski definition) is 9. The summed E-state index contributed by atoms with van der Waals surface area (Å²) in [5, 5.41) is 0. The largest absolute Gasteiger partial charge is 0.461 e. The van der Waals surface area contributed by atoms with Gasteiger partial charge in [-0.1, -0.05) is 0 Å². The Labute approximate surface area is 139 Å². The zero-order valence-corrected chi connectivity index (χ0v) is 12.9. The van der Waals surface area contributed by atoms with Gasteiger partial charge in [0.05, 0.1) is 35.8 Å². The zero-order chi connectivity index (χ0) is 18.6. The second-order valence-corrected chi connectivity index (χ2v) is 5.87. The summed E-state index contributed by atoms with van der Waals surface area (Å²) in [5.41, 5.74) is -14.4. The molecule has 0 amide bonds. The number of aromatic nitrogens is 3. The van der Waals surface area contributed by atoms with Crippen LogP contribution >= 0.6 is 35.8 Å². The van der Waals surface area contributed by atoms with Crippen LogP contribution < -0.4 is 14.2 Å². The first-order valence-corrected chi connectivity index (χ1v) is 7.47. The summed E-state index contributed by atoms with van der Waals surface area (Å²) >= 11 is -2.60. The highest BCUT2D eigenvalue weighted by Gasteiger charge is 2.32. The predicted octanol–water partition coefficient (Wildman–Crippen LogP) is 4.61. The molecular formula is C6H3F9N6S3. The standard InChI is InChI=1S/C6H3F9N6S3/c7-4(8,9)22-19-1-16-2(20-23-5(10,11)12)18-3(17-1)21-24-6(13,14)15/h(H3,16,17,18,19,20,21). The van der Waals surface area contributed by atoms with Crippen molar-refractivity contribution in [2.24, 2.45) is 0 Å². The topological polar surface area (TPSA) is 74.8 Å². The third-order valence-electron chi connectivity index (χ3n) is 1.41. The molecule has 0 fully saturated rings. The van der Waals surface area contributed by atoms with Crippen molar-refractivity contribution in [3.63, 3.8) is 0 Å². The van der Waals surface area contributed by atoms with Gasteiger partial charge in [-0.15, -0.1) is 0 Å². The molecule has 1 heterocycles. The molecule has 6 nitrogen and oxygen atoms in total. The molecule has 0 aliphatic heterocycles. The Morgan fingerprint density at radius 2 is 0.708 bits per heavy atom. The van der Waals surface area contributed by atoms with E-state index in [-0.39, 0.29) is 0 Å². The maximum Gasteiger partial charge on any atom is 0.461 e. The van der Waals surface area contributed by atoms with E-state index in [1.54, 1.807) is 0 Å². The lowest BCUT2D eigenvalue weighted by atomic mass is 10.8. The lowest BCUT2D eigenvalue weighted by Crippen LogP contribution is -2.12. The number of rotatable bonds is 6. The minimum absolute atomic E-state index is 0.865. The summed E-state index contributed by atoms with van der Waals surface area (Å²) in [4.78, 5) is 9.50. The van der Waals surface area contributed by atoms with Crippen molar-refractivity contribution in [2.45, 2.75) is 16.5 Å². The number of nitrogens with zero attached hydrogens (tertiary/aromatic N) is 3. The van der Waals surface area contributed by atoms with Gasteiger partial charge in [-0.25, -0.2) is 0 Å². The van der Waals surface area contributed by atoms with Crippen LogP contribution in [0.1, 0.15) is 0 Å². The Morgan fingerprint density at radius 1 is 0.500 bits per heavy atom. The molecule has 0 unspecified atom stereocenters. The molecule has 0 bridgehead atoms. The van der Waals surface area contributed by atoms with Crippen LogP contribution in [-0.4, -0.2) is 31.5 Å². The fourth-order valence-corrected chi connectivity index (χ4v) is 1.72. The van der Waals surface area contributed by atoms with Gasteiger partial charge in [-0.3, -0.25) is 14.2 Å². The maximum absolute atomic E-state index is 12.0. The number of anilines is 3. The molecular weight excluding hydrogens is 423 g/mol. The van der Waals surface area contributed by atoms with Gasteiger partial charge in [0.2, 0.25) is 17.8 Å². The van der Waals surface area contributed by atoms with Crippen molar-refractivity contribution in [1.82, 2.24) is 15.0 Å². The van der Waals surface area contributed by atoms with Crippen LogP contribution in [0.3, 0.4) is 0 Å². The van der Waals surface area contributed by atoms with Gasteiger partial charge in [0, 0.05) is 0 Å². The number of alkyl halides is 9. The average Bonchev–Trinajstić information content (AvgIpc) is 2.38. The number of nitrogens with one attached hydrogen (secondary N) is 3. The van der Waals surface area contributed by atoms with E-state index >= 15 is 0 Å². The highest BCUT2D eigenvalue weighted by Crippen LogP contribution is 2.34. The van der Waals surface area contributed by atoms with Crippen LogP contribution in [0.4, 0.5) is 57.4 Å². The van der Waals surface area contributed by atoms with Crippen LogP contribution in [0.25, 0.3) is 0 Å². The first-order chi connectivity index (χ1) is 10.7.